The number of furan rings is 1. The summed E-state index contributed by atoms with van der Waals surface area (Å²) in [4.78, 5) is 10.4. The third-order valence-corrected chi connectivity index (χ3v) is 12.3. The molecular weight excluding hydrogens is 715 g/mol. The van der Waals surface area contributed by atoms with Gasteiger partial charge in [0.1, 0.15) is 11.2 Å². The van der Waals surface area contributed by atoms with Gasteiger partial charge in [-0.2, -0.15) is 0 Å². The van der Waals surface area contributed by atoms with Crippen molar-refractivity contribution in [1.29, 1.82) is 0 Å². The molecule has 0 amide bonds. The lowest BCUT2D eigenvalue weighted by Gasteiger charge is -2.11. The number of benzene rings is 8. The van der Waals surface area contributed by atoms with Crippen molar-refractivity contribution in [3.05, 3.63) is 188 Å². The predicted molar refractivity (Wildman–Crippen MR) is 238 cm³/mol. The maximum absolute atomic E-state index is 6.30. The molecule has 0 spiro atoms. The second kappa shape index (κ2) is 12.6. The zero-order chi connectivity index (χ0) is 37.5. The molecule has 8 aromatic carbocycles. The van der Waals surface area contributed by atoms with Crippen molar-refractivity contribution < 1.29 is 4.42 Å². The zero-order valence-corrected chi connectivity index (χ0v) is 31.4. The molecule has 0 aliphatic carbocycles. The molecule has 0 radical (unpaired) electrons. The Kier molecular flexibility index (Phi) is 7.06. The van der Waals surface area contributed by atoms with E-state index in [0.29, 0.717) is 5.82 Å². The lowest BCUT2D eigenvalue weighted by molar-refractivity contribution is 0.669. The minimum absolute atomic E-state index is 0.690. The zero-order valence-electron chi connectivity index (χ0n) is 30.6. The molecule has 4 heterocycles. The summed E-state index contributed by atoms with van der Waals surface area (Å²) in [5.41, 5.74) is 12.5. The van der Waals surface area contributed by atoms with Crippen molar-refractivity contribution in [3.63, 3.8) is 0 Å². The van der Waals surface area contributed by atoms with Crippen LogP contribution in [0.3, 0.4) is 0 Å². The lowest BCUT2D eigenvalue weighted by atomic mass is 9.98. The Morgan fingerprint density at radius 1 is 0.404 bits per heavy atom. The number of hydrogen-bond donors (Lipinski definition) is 0. The summed E-state index contributed by atoms with van der Waals surface area (Å²) in [6, 6.07) is 66.6. The van der Waals surface area contributed by atoms with Gasteiger partial charge in [0, 0.05) is 64.1 Å². The van der Waals surface area contributed by atoms with Gasteiger partial charge in [0.05, 0.1) is 22.4 Å². The van der Waals surface area contributed by atoms with Crippen LogP contribution in [0.15, 0.2) is 192 Å². The molecule has 12 aromatic rings. The van der Waals surface area contributed by atoms with Gasteiger partial charge in [0.2, 0.25) is 0 Å². The van der Waals surface area contributed by atoms with Gasteiger partial charge in [-0.15, -0.1) is 11.3 Å². The van der Waals surface area contributed by atoms with Crippen LogP contribution in [0.5, 0.6) is 0 Å². The summed E-state index contributed by atoms with van der Waals surface area (Å²) in [6.45, 7) is 0. The molecule has 0 N–H and O–H groups in total. The molecule has 0 fully saturated rings. The van der Waals surface area contributed by atoms with E-state index in [0.717, 1.165) is 55.7 Å². The summed E-state index contributed by atoms with van der Waals surface area (Å²) >= 11 is 1.83. The first kappa shape index (κ1) is 32.0. The minimum Gasteiger partial charge on any atom is -0.456 e. The van der Waals surface area contributed by atoms with E-state index in [9.17, 15) is 0 Å². The quantitative estimate of drug-likeness (QED) is 0.176. The van der Waals surface area contributed by atoms with Crippen molar-refractivity contribution in [3.8, 4) is 50.7 Å². The lowest BCUT2D eigenvalue weighted by Crippen LogP contribution is -1.96. The van der Waals surface area contributed by atoms with Crippen LogP contribution >= 0.6 is 11.3 Å². The van der Waals surface area contributed by atoms with E-state index < -0.39 is 0 Å². The third kappa shape index (κ3) is 5.13. The predicted octanol–water partition coefficient (Wildman–Crippen LogP) is 14.5. The largest absolute Gasteiger partial charge is 0.456 e. The number of hydrogen-bond acceptors (Lipinski definition) is 4. The molecule has 57 heavy (non-hydrogen) atoms. The fourth-order valence-electron chi connectivity index (χ4n) is 8.56. The van der Waals surface area contributed by atoms with Crippen LogP contribution in [0.2, 0.25) is 0 Å². The third-order valence-electron chi connectivity index (χ3n) is 11.2. The molecule has 266 valence electrons. The van der Waals surface area contributed by atoms with Gasteiger partial charge in [-0.1, -0.05) is 121 Å². The molecule has 12 rings (SSSR count). The van der Waals surface area contributed by atoms with Crippen LogP contribution in [0.25, 0.3) is 115 Å². The number of rotatable bonds is 5. The molecule has 0 saturated carbocycles. The Balaban J connectivity index is 1.00. The van der Waals surface area contributed by atoms with Gasteiger partial charge < -0.3 is 8.98 Å². The molecule has 5 heteroatoms. The molecule has 0 unspecified atom stereocenters. The average molecular weight is 746 g/mol. The van der Waals surface area contributed by atoms with E-state index in [4.69, 9.17) is 14.4 Å². The van der Waals surface area contributed by atoms with Crippen molar-refractivity contribution in [1.82, 2.24) is 14.5 Å². The van der Waals surface area contributed by atoms with E-state index >= 15 is 0 Å². The highest BCUT2D eigenvalue weighted by atomic mass is 32.1. The number of para-hydroxylation sites is 3. The monoisotopic (exact) mass is 745 g/mol. The second-order valence-electron chi connectivity index (χ2n) is 14.5. The molecule has 4 nitrogen and oxygen atoms in total. The van der Waals surface area contributed by atoms with Crippen LogP contribution in [-0.2, 0) is 0 Å². The van der Waals surface area contributed by atoms with Crippen LogP contribution < -0.4 is 0 Å². The summed E-state index contributed by atoms with van der Waals surface area (Å²) < 4.78 is 11.1. The number of nitrogens with zero attached hydrogens (tertiary/aromatic N) is 3. The first-order chi connectivity index (χ1) is 28.2. The normalized spacial score (nSPS) is 11.9. The Morgan fingerprint density at radius 3 is 1.98 bits per heavy atom. The minimum atomic E-state index is 0.690. The van der Waals surface area contributed by atoms with Crippen LogP contribution in [0, 0.1) is 0 Å². The van der Waals surface area contributed by atoms with Crippen molar-refractivity contribution >= 4 is 75.3 Å². The Labute approximate surface area is 331 Å². The van der Waals surface area contributed by atoms with Crippen LogP contribution in [0.4, 0.5) is 0 Å². The van der Waals surface area contributed by atoms with E-state index in [1.54, 1.807) is 0 Å². The maximum Gasteiger partial charge on any atom is 0.160 e. The Morgan fingerprint density at radius 2 is 1.09 bits per heavy atom. The second-order valence-corrected chi connectivity index (χ2v) is 15.6. The smallest absolute Gasteiger partial charge is 0.160 e. The highest BCUT2D eigenvalue weighted by Gasteiger charge is 2.18. The van der Waals surface area contributed by atoms with Gasteiger partial charge in [-0.25, -0.2) is 9.97 Å². The van der Waals surface area contributed by atoms with Gasteiger partial charge in [0.15, 0.2) is 5.82 Å². The van der Waals surface area contributed by atoms with Gasteiger partial charge in [0.25, 0.3) is 0 Å². The fourth-order valence-corrected chi connectivity index (χ4v) is 9.73. The fraction of sp³-hybridized carbons (Fsp3) is 0. The summed E-state index contributed by atoms with van der Waals surface area (Å²) in [7, 11) is 0. The standard InChI is InChI=1S/C52H31N3OS/c1-3-12-32(13-4-1)52-53-43(35-23-25-39-38-17-8-10-20-47(38)56-48(39)29-35)31-44(54-52)40-18-11-21-49-51(40)41-26-22-34(30-50(41)57-49)33-24-27-46-42(28-33)37-16-7-9-19-45(37)55(46)36-14-5-2-6-15-36/h1-31H. The Hall–Kier alpha value is -7.34. The van der Waals surface area contributed by atoms with Crippen molar-refractivity contribution in [2.45, 2.75) is 0 Å². The highest BCUT2D eigenvalue weighted by Crippen LogP contribution is 2.43. The summed E-state index contributed by atoms with van der Waals surface area (Å²) in [5.74, 6) is 0.690. The topological polar surface area (TPSA) is 43.9 Å². The maximum atomic E-state index is 6.30. The number of thiophene rings is 1. The number of aromatic nitrogens is 3. The van der Waals surface area contributed by atoms with E-state index in [-0.39, 0.29) is 0 Å². The Bertz CT molecular complexity index is 3520. The van der Waals surface area contributed by atoms with Crippen LogP contribution in [-0.4, -0.2) is 14.5 Å². The van der Waals surface area contributed by atoms with E-state index in [1.807, 2.05) is 41.7 Å². The van der Waals surface area contributed by atoms with E-state index in [1.165, 1.54) is 53.1 Å². The molecule has 4 aromatic heterocycles. The first-order valence-corrected chi connectivity index (χ1v) is 20.0. The van der Waals surface area contributed by atoms with Gasteiger partial charge in [-0.3, -0.25) is 0 Å². The average Bonchev–Trinajstić information content (AvgIpc) is 3.95. The molecular formula is C52H31N3OS. The highest BCUT2D eigenvalue weighted by molar-refractivity contribution is 7.26. The SMILES string of the molecule is c1ccc(-c2nc(-c3ccc4c(c3)oc3ccccc34)cc(-c3cccc4sc5cc(-c6ccc7c(c6)c6ccccc6n7-c6ccccc6)ccc5c34)n2)cc1. The molecule has 0 aliphatic heterocycles. The first-order valence-electron chi connectivity index (χ1n) is 19.1. The van der Waals surface area contributed by atoms with Crippen molar-refractivity contribution in [2.24, 2.45) is 0 Å². The van der Waals surface area contributed by atoms with E-state index in [2.05, 4.69) is 162 Å². The van der Waals surface area contributed by atoms with Gasteiger partial charge in [-0.05, 0) is 77.9 Å². The molecule has 0 bridgehead atoms. The van der Waals surface area contributed by atoms with Crippen molar-refractivity contribution in [2.75, 3.05) is 0 Å². The molecule has 0 aliphatic rings. The summed E-state index contributed by atoms with van der Waals surface area (Å²) in [6.07, 6.45) is 0. The molecule has 0 saturated heterocycles. The number of fused-ring (bicyclic) bond motifs is 9. The van der Waals surface area contributed by atoms with Gasteiger partial charge >= 0.3 is 0 Å². The molecule has 0 atom stereocenters. The summed E-state index contributed by atoms with van der Waals surface area (Å²) in [5, 5.41) is 7.15. The van der Waals surface area contributed by atoms with Crippen LogP contribution in [0.1, 0.15) is 0 Å².